The monoisotopic (exact) mass is 131 g/mol. The van der Waals surface area contributed by atoms with Crippen molar-refractivity contribution in [3.05, 3.63) is 0 Å². The van der Waals surface area contributed by atoms with Crippen LogP contribution in [0.15, 0.2) is 0 Å². The number of methoxy groups -OCH3 is 1. The summed E-state index contributed by atoms with van der Waals surface area (Å²) >= 11 is 0. The Labute approximate surface area is 61.6 Å². The lowest BCUT2D eigenvalue weighted by Gasteiger charge is -2.24. The second-order valence-electron chi connectivity index (χ2n) is 3.00. The Morgan fingerprint density at radius 2 is 2.00 bits per heavy atom. The first-order valence-corrected chi connectivity index (χ1v) is 3.65. The third-order valence-electron chi connectivity index (χ3n) is 2.13. The third-order valence-corrected chi connectivity index (χ3v) is 2.13. The molecule has 0 saturated heterocycles. The van der Waals surface area contributed by atoms with E-state index < -0.39 is 7.04 Å². The number of ether oxygens (including phenoxy) is 1. The minimum Gasteiger partial charge on any atom is -0.381 e. The van der Waals surface area contributed by atoms with Gasteiger partial charge in [-0.15, -0.1) is 0 Å². The zero-order valence-corrected chi connectivity index (χ0v) is 5.89. The lowest BCUT2D eigenvalue weighted by atomic mass is 9.89. The van der Waals surface area contributed by atoms with Crippen molar-refractivity contribution in [3.8, 4) is 0 Å². The summed E-state index contributed by atoms with van der Waals surface area (Å²) < 4.78 is 25.7. The fraction of sp³-hybridized carbons (Fsp3) is 1.00. The van der Waals surface area contributed by atoms with Crippen molar-refractivity contribution in [2.24, 2.45) is 5.92 Å². The van der Waals surface area contributed by atoms with Crippen LogP contribution in [0.3, 0.4) is 0 Å². The highest BCUT2D eigenvalue weighted by Gasteiger charge is 2.16. The van der Waals surface area contributed by atoms with Gasteiger partial charge in [0.25, 0.3) is 0 Å². The maximum Gasteiger partial charge on any atom is 0.0571 e. The summed E-state index contributed by atoms with van der Waals surface area (Å²) in [5.41, 5.74) is 0. The molecule has 1 heteroatoms. The highest BCUT2D eigenvalue weighted by atomic mass is 16.5. The lowest BCUT2D eigenvalue weighted by molar-refractivity contribution is 0.0593. The molecule has 0 N–H and O–H groups in total. The van der Waals surface area contributed by atoms with Crippen LogP contribution < -0.4 is 0 Å². The maximum absolute atomic E-state index is 6.93. The Morgan fingerprint density at radius 3 is 2.56 bits per heavy atom. The summed E-state index contributed by atoms with van der Waals surface area (Å²) in [5, 5.41) is 0. The Kier molecular flexibility index (Phi) is 1.42. The van der Waals surface area contributed by atoms with E-state index in [2.05, 4.69) is 6.92 Å². The average molecular weight is 131 g/mol. The van der Waals surface area contributed by atoms with E-state index in [9.17, 15) is 0 Å². The second-order valence-corrected chi connectivity index (χ2v) is 3.00. The molecule has 0 aromatic heterocycles. The number of hydrogen-bond donors (Lipinski definition) is 0. The standard InChI is InChI=1S/C8H16O/c1-7-3-5-8(9-2)6-4-7/h7-8H,3-6H2,1-2H3/t7-,8-/i2D3. The van der Waals surface area contributed by atoms with E-state index in [4.69, 9.17) is 8.85 Å². The predicted octanol–water partition coefficient (Wildman–Crippen LogP) is 2.21. The zero-order chi connectivity index (χ0) is 9.19. The van der Waals surface area contributed by atoms with E-state index in [1.54, 1.807) is 0 Å². The van der Waals surface area contributed by atoms with E-state index in [0.29, 0.717) is 0 Å². The molecule has 1 aliphatic carbocycles. The van der Waals surface area contributed by atoms with Crippen LogP contribution in [0.5, 0.6) is 0 Å². The molecule has 0 bridgehead atoms. The molecular weight excluding hydrogens is 112 g/mol. The van der Waals surface area contributed by atoms with Crippen molar-refractivity contribution in [1.29, 1.82) is 0 Å². The molecule has 0 aliphatic heterocycles. The number of rotatable bonds is 1. The first kappa shape index (κ1) is 3.97. The molecule has 0 amide bonds. The molecule has 0 aromatic carbocycles. The molecule has 1 saturated carbocycles. The first-order chi connectivity index (χ1) is 5.47. The van der Waals surface area contributed by atoms with Gasteiger partial charge in [0, 0.05) is 7.04 Å². The summed E-state index contributed by atoms with van der Waals surface area (Å²) in [7, 11) is -2.20. The lowest BCUT2D eigenvalue weighted by Crippen LogP contribution is -2.18. The third kappa shape index (κ3) is 1.98. The van der Waals surface area contributed by atoms with Crippen LogP contribution in [0, 0.1) is 5.92 Å². The van der Waals surface area contributed by atoms with Crippen molar-refractivity contribution in [3.63, 3.8) is 0 Å². The molecule has 0 unspecified atom stereocenters. The molecule has 54 valence electrons. The molecule has 0 heterocycles. The average Bonchev–Trinajstić information content (AvgIpc) is 1.91. The van der Waals surface area contributed by atoms with Gasteiger partial charge in [-0.3, -0.25) is 0 Å². The van der Waals surface area contributed by atoms with Crippen molar-refractivity contribution in [1.82, 2.24) is 0 Å². The van der Waals surface area contributed by atoms with Gasteiger partial charge in [-0.2, -0.15) is 0 Å². The van der Waals surface area contributed by atoms with E-state index in [1.165, 1.54) is 0 Å². The van der Waals surface area contributed by atoms with E-state index in [-0.39, 0.29) is 6.10 Å². The summed E-state index contributed by atoms with van der Waals surface area (Å²) in [6.07, 6.45) is 3.97. The van der Waals surface area contributed by atoms with E-state index in [0.717, 1.165) is 31.6 Å². The maximum atomic E-state index is 6.93. The van der Waals surface area contributed by atoms with Gasteiger partial charge in [-0.25, -0.2) is 0 Å². The van der Waals surface area contributed by atoms with Crippen molar-refractivity contribution in [2.75, 3.05) is 7.04 Å². The molecule has 1 fully saturated rings. The van der Waals surface area contributed by atoms with Crippen LogP contribution in [-0.2, 0) is 4.74 Å². The topological polar surface area (TPSA) is 9.23 Å². The minimum absolute atomic E-state index is 0.0336. The van der Waals surface area contributed by atoms with E-state index >= 15 is 0 Å². The second kappa shape index (κ2) is 3.21. The van der Waals surface area contributed by atoms with Gasteiger partial charge in [-0.1, -0.05) is 6.92 Å². The van der Waals surface area contributed by atoms with Crippen molar-refractivity contribution < 1.29 is 8.85 Å². The summed E-state index contributed by atoms with van der Waals surface area (Å²) in [4.78, 5) is 0. The van der Waals surface area contributed by atoms with Gasteiger partial charge in [0.1, 0.15) is 0 Å². The van der Waals surface area contributed by atoms with Gasteiger partial charge in [0.15, 0.2) is 0 Å². The van der Waals surface area contributed by atoms with Gasteiger partial charge in [-0.05, 0) is 31.6 Å². The van der Waals surface area contributed by atoms with Gasteiger partial charge in [0.2, 0.25) is 0 Å². The first-order valence-electron chi connectivity index (χ1n) is 5.15. The molecule has 9 heavy (non-hydrogen) atoms. The Bertz CT molecular complexity index is 136. The van der Waals surface area contributed by atoms with Crippen LogP contribution >= 0.6 is 0 Å². The molecule has 1 aliphatic rings. The predicted molar refractivity (Wildman–Crippen MR) is 38.4 cm³/mol. The van der Waals surface area contributed by atoms with E-state index in [1.807, 2.05) is 0 Å². The normalized spacial score (nSPS) is 43.0. The molecule has 0 aromatic rings. The molecule has 0 atom stereocenters. The fourth-order valence-electron chi connectivity index (χ4n) is 1.35. The van der Waals surface area contributed by atoms with Crippen molar-refractivity contribution >= 4 is 0 Å². The summed E-state index contributed by atoms with van der Waals surface area (Å²) in [6, 6.07) is 0. The number of hydrogen-bond acceptors (Lipinski definition) is 1. The van der Waals surface area contributed by atoms with Gasteiger partial charge >= 0.3 is 0 Å². The largest absolute Gasteiger partial charge is 0.381 e. The summed E-state index contributed by atoms with van der Waals surface area (Å²) in [5.74, 6) is 0.737. The van der Waals surface area contributed by atoms with Gasteiger partial charge < -0.3 is 4.74 Å². The zero-order valence-electron chi connectivity index (χ0n) is 8.89. The molecule has 1 nitrogen and oxygen atoms in total. The molecule has 0 radical (unpaired) electrons. The Morgan fingerprint density at radius 1 is 1.33 bits per heavy atom. The van der Waals surface area contributed by atoms with Gasteiger partial charge in [0.05, 0.1) is 10.2 Å². The minimum atomic E-state index is -2.20. The Balaban J connectivity index is 2.26. The van der Waals surface area contributed by atoms with Crippen molar-refractivity contribution in [2.45, 2.75) is 38.7 Å². The highest BCUT2D eigenvalue weighted by molar-refractivity contribution is 4.68. The Hall–Kier alpha value is -0.0400. The van der Waals surface area contributed by atoms with Crippen LogP contribution in [-0.4, -0.2) is 13.1 Å². The SMILES string of the molecule is [2H]C([2H])([2H])O[C@H]1CC[C@H](C)CC1. The smallest absolute Gasteiger partial charge is 0.0571 e. The fourth-order valence-corrected chi connectivity index (χ4v) is 1.35. The van der Waals surface area contributed by atoms with Crippen LogP contribution in [0.1, 0.15) is 36.7 Å². The van der Waals surface area contributed by atoms with Crippen LogP contribution in [0.25, 0.3) is 0 Å². The highest BCUT2D eigenvalue weighted by Crippen LogP contribution is 2.24. The quantitative estimate of drug-likeness (QED) is 0.530. The molecule has 0 spiro atoms. The summed E-state index contributed by atoms with van der Waals surface area (Å²) in [6.45, 7) is 2.20. The molecule has 1 rings (SSSR count). The molecular formula is C8H16O. The van der Waals surface area contributed by atoms with Crippen LogP contribution in [0.2, 0.25) is 0 Å². The van der Waals surface area contributed by atoms with Crippen LogP contribution in [0.4, 0.5) is 0 Å².